The van der Waals surface area contributed by atoms with Gasteiger partial charge in [0.15, 0.2) is 0 Å². The summed E-state index contributed by atoms with van der Waals surface area (Å²) in [6.45, 7) is 0.708. The van der Waals surface area contributed by atoms with Crippen molar-refractivity contribution in [2.45, 2.75) is 37.1 Å². The molecule has 2 aliphatic carbocycles. The van der Waals surface area contributed by atoms with Gasteiger partial charge in [-0.05, 0) is 63.4 Å². The van der Waals surface area contributed by atoms with Gasteiger partial charge >= 0.3 is 0 Å². The first kappa shape index (κ1) is 14.5. The van der Waals surface area contributed by atoms with Gasteiger partial charge in [0.1, 0.15) is 5.82 Å². The Hall–Kier alpha value is -1.42. The molecular formula is C17H23FN2O. The van der Waals surface area contributed by atoms with E-state index in [-0.39, 0.29) is 11.7 Å². The van der Waals surface area contributed by atoms with E-state index in [0.29, 0.717) is 12.6 Å². The summed E-state index contributed by atoms with van der Waals surface area (Å²) < 4.78 is 13.0. The number of benzene rings is 1. The zero-order chi connectivity index (χ0) is 15.0. The number of amides is 1. The predicted octanol–water partition coefficient (Wildman–Crippen LogP) is 2.31. The van der Waals surface area contributed by atoms with Crippen molar-refractivity contribution < 1.29 is 9.18 Å². The molecule has 2 fully saturated rings. The number of hydrogen-bond acceptors (Lipinski definition) is 2. The van der Waals surface area contributed by atoms with Gasteiger partial charge in [-0.15, -0.1) is 0 Å². The van der Waals surface area contributed by atoms with Crippen LogP contribution < -0.4 is 5.32 Å². The highest BCUT2D eigenvalue weighted by Gasteiger charge is 2.51. The van der Waals surface area contributed by atoms with Gasteiger partial charge in [-0.25, -0.2) is 4.39 Å². The van der Waals surface area contributed by atoms with Crippen molar-refractivity contribution in [3.8, 4) is 0 Å². The number of carbonyl (C=O) groups excluding carboxylic acids is 1. The lowest BCUT2D eigenvalue weighted by Gasteiger charge is -2.25. The van der Waals surface area contributed by atoms with Crippen LogP contribution in [-0.4, -0.2) is 37.5 Å². The fourth-order valence-electron chi connectivity index (χ4n) is 3.16. The quantitative estimate of drug-likeness (QED) is 0.872. The van der Waals surface area contributed by atoms with Crippen LogP contribution >= 0.6 is 0 Å². The molecule has 0 saturated heterocycles. The van der Waals surface area contributed by atoms with Crippen LogP contribution in [0, 0.1) is 11.7 Å². The van der Waals surface area contributed by atoms with E-state index in [1.54, 1.807) is 12.1 Å². The Balaban J connectivity index is 1.63. The topological polar surface area (TPSA) is 32.3 Å². The fourth-order valence-corrected chi connectivity index (χ4v) is 3.16. The third-order valence-corrected chi connectivity index (χ3v) is 4.88. The molecule has 0 aromatic heterocycles. The molecule has 0 spiro atoms. The third-order valence-electron chi connectivity index (χ3n) is 4.88. The molecule has 2 saturated carbocycles. The lowest BCUT2D eigenvalue weighted by Crippen LogP contribution is -2.44. The number of rotatable bonds is 6. The van der Waals surface area contributed by atoms with Crippen LogP contribution in [-0.2, 0) is 10.2 Å². The smallest absolute Gasteiger partial charge is 0.230 e. The molecular weight excluding hydrogens is 267 g/mol. The molecule has 3 nitrogen and oxygen atoms in total. The van der Waals surface area contributed by atoms with E-state index in [0.717, 1.165) is 24.3 Å². The summed E-state index contributed by atoms with van der Waals surface area (Å²) in [4.78, 5) is 14.8. The normalized spacial score (nSPS) is 21.1. The zero-order valence-corrected chi connectivity index (χ0v) is 12.7. The van der Waals surface area contributed by atoms with E-state index >= 15 is 0 Å². The van der Waals surface area contributed by atoms with Gasteiger partial charge in [-0.2, -0.15) is 0 Å². The van der Waals surface area contributed by atoms with Gasteiger partial charge in [-0.1, -0.05) is 12.1 Å². The molecule has 114 valence electrons. The predicted molar refractivity (Wildman–Crippen MR) is 80.5 cm³/mol. The number of likely N-dealkylation sites (N-methyl/N-ethyl adjacent to an activating group) is 1. The first-order valence-corrected chi connectivity index (χ1v) is 7.74. The van der Waals surface area contributed by atoms with Crippen LogP contribution in [0.15, 0.2) is 24.3 Å². The first-order chi connectivity index (χ1) is 10.0. The van der Waals surface area contributed by atoms with Crippen LogP contribution in [0.2, 0.25) is 0 Å². The molecule has 0 aliphatic heterocycles. The molecule has 0 radical (unpaired) electrons. The minimum absolute atomic E-state index is 0.0987. The van der Waals surface area contributed by atoms with Crippen molar-refractivity contribution in [1.82, 2.24) is 10.2 Å². The number of nitrogens with zero attached hydrogens (tertiary/aromatic N) is 1. The number of carbonyl (C=O) groups is 1. The van der Waals surface area contributed by atoms with E-state index in [1.165, 1.54) is 25.0 Å². The van der Waals surface area contributed by atoms with Gasteiger partial charge < -0.3 is 10.2 Å². The lowest BCUT2D eigenvalue weighted by molar-refractivity contribution is -0.123. The molecule has 1 N–H and O–H groups in total. The minimum atomic E-state index is -0.409. The zero-order valence-electron chi connectivity index (χ0n) is 12.7. The Morgan fingerprint density at radius 1 is 1.33 bits per heavy atom. The van der Waals surface area contributed by atoms with Crippen molar-refractivity contribution in [3.05, 3.63) is 35.6 Å². The molecule has 2 aliphatic rings. The molecule has 3 rings (SSSR count). The molecule has 0 heterocycles. The summed E-state index contributed by atoms with van der Waals surface area (Å²) in [6, 6.07) is 6.79. The molecule has 1 amide bonds. The van der Waals surface area contributed by atoms with Crippen LogP contribution in [0.1, 0.15) is 31.2 Å². The van der Waals surface area contributed by atoms with Crippen molar-refractivity contribution >= 4 is 5.91 Å². The molecule has 1 aromatic rings. The monoisotopic (exact) mass is 290 g/mol. The fraction of sp³-hybridized carbons (Fsp3) is 0.588. The van der Waals surface area contributed by atoms with Crippen LogP contribution in [0.3, 0.4) is 0 Å². The number of halogens is 1. The van der Waals surface area contributed by atoms with E-state index in [9.17, 15) is 9.18 Å². The highest BCUT2D eigenvalue weighted by atomic mass is 19.1. The Labute approximate surface area is 125 Å². The Morgan fingerprint density at radius 2 is 1.95 bits per heavy atom. The standard InChI is InChI=1S/C17H23FN2O/c1-20(2)15(12-3-4-12)11-19-16(21)17(9-10-17)13-5-7-14(18)8-6-13/h5-8,12,15H,3-4,9-11H2,1-2H3,(H,19,21)/t15-/m0/s1. The largest absolute Gasteiger partial charge is 0.354 e. The Bertz CT molecular complexity index is 516. The Kier molecular flexibility index (Phi) is 3.74. The van der Waals surface area contributed by atoms with Gasteiger partial charge in [0.25, 0.3) is 0 Å². The van der Waals surface area contributed by atoms with Gasteiger partial charge in [0.2, 0.25) is 5.91 Å². The summed E-state index contributed by atoms with van der Waals surface area (Å²) in [6.07, 6.45) is 4.25. The second-order valence-electron chi connectivity index (χ2n) is 6.67. The summed E-state index contributed by atoms with van der Waals surface area (Å²) in [5.41, 5.74) is 0.530. The average molecular weight is 290 g/mol. The summed E-state index contributed by atoms with van der Waals surface area (Å²) in [5.74, 6) is 0.569. The van der Waals surface area contributed by atoms with Crippen LogP contribution in [0.4, 0.5) is 4.39 Å². The second kappa shape index (κ2) is 5.41. The van der Waals surface area contributed by atoms with Crippen molar-refractivity contribution in [2.24, 2.45) is 5.92 Å². The summed E-state index contributed by atoms with van der Waals surface area (Å²) >= 11 is 0. The molecule has 0 bridgehead atoms. The van der Waals surface area contributed by atoms with Crippen molar-refractivity contribution in [2.75, 3.05) is 20.6 Å². The highest BCUT2D eigenvalue weighted by molar-refractivity contribution is 5.91. The van der Waals surface area contributed by atoms with E-state index in [4.69, 9.17) is 0 Å². The van der Waals surface area contributed by atoms with Gasteiger partial charge in [0, 0.05) is 12.6 Å². The molecule has 1 aromatic carbocycles. The molecule has 4 heteroatoms. The maximum absolute atomic E-state index is 13.0. The maximum atomic E-state index is 13.0. The third kappa shape index (κ3) is 2.95. The van der Waals surface area contributed by atoms with Crippen molar-refractivity contribution in [3.63, 3.8) is 0 Å². The van der Waals surface area contributed by atoms with Gasteiger partial charge in [-0.3, -0.25) is 4.79 Å². The van der Waals surface area contributed by atoms with Gasteiger partial charge in [0.05, 0.1) is 5.41 Å². The SMILES string of the molecule is CN(C)[C@@H](CNC(=O)C1(c2ccc(F)cc2)CC1)C1CC1. The van der Waals surface area contributed by atoms with E-state index in [1.807, 2.05) is 0 Å². The van der Waals surface area contributed by atoms with Crippen LogP contribution in [0.25, 0.3) is 0 Å². The number of nitrogens with one attached hydrogen (secondary N) is 1. The molecule has 0 unspecified atom stereocenters. The van der Waals surface area contributed by atoms with E-state index in [2.05, 4.69) is 24.3 Å². The average Bonchev–Trinajstić information content (AvgIpc) is 3.33. The highest BCUT2D eigenvalue weighted by Crippen LogP contribution is 2.48. The first-order valence-electron chi connectivity index (χ1n) is 7.74. The Morgan fingerprint density at radius 3 is 2.43 bits per heavy atom. The van der Waals surface area contributed by atoms with E-state index < -0.39 is 5.41 Å². The van der Waals surface area contributed by atoms with Crippen LogP contribution in [0.5, 0.6) is 0 Å². The summed E-state index contributed by atoms with van der Waals surface area (Å²) in [5, 5.41) is 3.13. The van der Waals surface area contributed by atoms with Crippen molar-refractivity contribution in [1.29, 1.82) is 0 Å². The maximum Gasteiger partial charge on any atom is 0.230 e. The summed E-state index contributed by atoms with van der Waals surface area (Å²) in [7, 11) is 4.14. The molecule has 1 atom stereocenters. The lowest BCUT2D eigenvalue weighted by atomic mass is 9.95. The number of hydrogen-bond donors (Lipinski definition) is 1. The minimum Gasteiger partial charge on any atom is -0.354 e. The molecule has 21 heavy (non-hydrogen) atoms. The second-order valence-corrected chi connectivity index (χ2v) is 6.67.